The van der Waals surface area contributed by atoms with E-state index in [4.69, 9.17) is 5.73 Å². The molecule has 0 bridgehead atoms. The fourth-order valence-electron chi connectivity index (χ4n) is 10.3. The number of amides is 2. The average Bonchev–Trinajstić information content (AvgIpc) is 4.17. The zero-order valence-electron chi connectivity index (χ0n) is 44.9. The normalized spacial score (nSPS) is 16.1. The van der Waals surface area contributed by atoms with Crippen LogP contribution < -0.4 is 21.7 Å². The van der Waals surface area contributed by atoms with E-state index >= 15 is 18.4 Å². The molecule has 6 rings (SSSR count). The number of nitrogens with two attached hydrogens (primary N) is 1. The highest BCUT2D eigenvalue weighted by molar-refractivity contribution is 7.17. The minimum absolute atomic E-state index is 0.0174. The number of halogens is 2. The second kappa shape index (κ2) is 28.6. The van der Waals surface area contributed by atoms with Gasteiger partial charge in [0.1, 0.15) is 11.6 Å². The van der Waals surface area contributed by atoms with Gasteiger partial charge in [0.2, 0.25) is 0 Å². The number of carbonyl (C=O) groups is 2. The molecule has 12 heteroatoms. The molecule has 2 aliphatic rings. The predicted molar refractivity (Wildman–Crippen MR) is 301 cm³/mol. The van der Waals surface area contributed by atoms with Gasteiger partial charge in [0, 0.05) is 58.1 Å². The van der Waals surface area contributed by atoms with Crippen LogP contribution in [0.5, 0.6) is 0 Å². The minimum Gasteiger partial charge on any atom is -0.327 e. The van der Waals surface area contributed by atoms with E-state index < -0.39 is 0 Å². The van der Waals surface area contributed by atoms with Gasteiger partial charge >= 0.3 is 0 Å². The first-order valence-corrected chi connectivity index (χ1v) is 29.4. The van der Waals surface area contributed by atoms with Crippen LogP contribution in [0, 0.1) is 17.6 Å². The zero-order chi connectivity index (χ0) is 51.7. The Balaban J connectivity index is 1.40. The van der Waals surface area contributed by atoms with Crippen LogP contribution in [0.3, 0.4) is 0 Å². The summed E-state index contributed by atoms with van der Waals surface area (Å²) in [6, 6.07) is 19.4. The first kappa shape index (κ1) is 57.2. The lowest BCUT2D eigenvalue weighted by atomic mass is 9.88. The number of hydrogen-bond donors (Lipinski definition) is 4. The van der Waals surface area contributed by atoms with E-state index in [-0.39, 0.29) is 41.6 Å². The molecule has 394 valence electrons. The molecule has 2 aliphatic heterocycles. The largest absolute Gasteiger partial charge is 0.327 e. The molecule has 5 N–H and O–H groups in total. The molecule has 72 heavy (non-hydrogen) atoms. The van der Waals surface area contributed by atoms with Crippen molar-refractivity contribution in [3.8, 4) is 20.9 Å². The molecule has 0 spiro atoms. The Kier molecular flexibility index (Phi) is 22.7. The molecular formula is C60H86F2N6O2S2. The van der Waals surface area contributed by atoms with Gasteiger partial charge in [-0.3, -0.25) is 9.59 Å². The molecule has 8 nitrogen and oxygen atoms in total. The third-order valence-electron chi connectivity index (χ3n) is 15.0. The van der Waals surface area contributed by atoms with E-state index in [1.54, 1.807) is 12.1 Å². The molecule has 2 aromatic heterocycles. The minimum atomic E-state index is -0.290. The number of unbranched alkanes of at least 4 members (excludes halogenated alkanes) is 3. The van der Waals surface area contributed by atoms with E-state index in [0.717, 1.165) is 153 Å². The molecule has 0 saturated heterocycles. The zero-order valence-corrected chi connectivity index (χ0v) is 46.5. The smallest absolute Gasteiger partial charge is 0.261 e. The third-order valence-corrected chi connectivity index (χ3v) is 17.2. The number of carbonyl (C=O) groups excluding carboxylic acids is 2. The van der Waals surface area contributed by atoms with Crippen molar-refractivity contribution in [2.75, 3.05) is 32.7 Å². The lowest BCUT2D eigenvalue weighted by molar-refractivity contribution is -0.124. The van der Waals surface area contributed by atoms with Crippen molar-refractivity contribution in [2.45, 2.75) is 182 Å². The summed E-state index contributed by atoms with van der Waals surface area (Å²) in [5, 5.41) is 11.0. The summed E-state index contributed by atoms with van der Waals surface area (Å²) in [5.74, 6) is -0.616. The second-order valence-corrected chi connectivity index (χ2v) is 22.3. The van der Waals surface area contributed by atoms with Gasteiger partial charge in [0.25, 0.3) is 11.8 Å². The topological polar surface area (TPSA) is 103 Å². The summed E-state index contributed by atoms with van der Waals surface area (Å²) < 4.78 is 32.5. The van der Waals surface area contributed by atoms with Gasteiger partial charge in [0.15, 0.2) is 0 Å². The molecule has 2 aromatic carbocycles. The number of aryl methyl sites for hydroxylation is 2. The van der Waals surface area contributed by atoms with E-state index in [1.165, 1.54) is 22.7 Å². The summed E-state index contributed by atoms with van der Waals surface area (Å²) in [7, 11) is 0. The molecule has 0 fully saturated rings. The van der Waals surface area contributed by atoms with Gasteiger partial charge in [0.05, 0.1) is 32.3 Å². The molecular weight excluding hydrogens is 939 g/mol. The Bertz CT molecular complexity index is 2440. The fourth-order valence-corrected chi connectivity index (χ4v) is 12.5. The lowest BCUT2D eigenvalue weighted by Gasteiger charge is -2.29. The number of thiophene rings is 2. The molecule has 4 heterocycles. The van der Waals surface area contributed by atoms with Crippen LogP contribution in [-0.2, 0) is 22.4 Å². The Morgan fingerprint density at radius 2 is 0.931 bits per heavy atom. The third kappa shape index (κ3) is 14.2. The van der Waals surface area contributed by atoms with Crippen molar-refractivity contribution in [2.24, 2.45) is 11.7 Å². The van der Waals surface area contributed by atoms with Gasteiger partial charge in [-0.2, -0.15) is 0 Å². The van der Waals surface area contributed by atoms with E-state index in [9.17, 15) is 0 Å². The first-order chi connectivity index (χ1) is 34.9. The van der Waals surface area contributed by atoms with Crippen molar-refractivity contribution in [1.82, 2.24) is 25.8 Å². The van der Waals surface area contributed by atoms with Gasteiger partial charge in [-0.15, -0.1) is 22.7 Å². The van der Waals surface area contributed by atoms with Crippen LogP contribution in [0.1, 0.15) is 166 Å². The Morgan fingerprint density at radius 1 is 0.514 bits per heavy atom. The van der Waals surface area contributed by atoms with E-state index in [0.29, 0.717) is 58.7 Å². The number of hydrogen-bond acceptors (Lipinski definition) is 8. The van der Waals surface area contributed by atoms with Crippen molar-refractivity contribution in [1.29, 1.82) is 0 Å². The highest BCUT2D eigenvalue weighted by atomic mass is 32.1. The lowest BCUT2D eigenvalue weighted by Crippen LogP contribution is -2.43. The number of benzene rings is 2. The Labute approximate surface area is 439 Å². The summed E-state index contributed by atoms with van der Waals surface area (Å²) in [6.07, 6.45) is 15.4. The highest BCUT2D eigenvalue weighted by Gasteiger charge is 2.50. The van der Waals surface area contributed by atoms with Crippen LogP contribution in [0.25, 0.3) is 32.3 Å². The summed E-state index contributed by atoms with van der Waals surface area (Å²) in [5.41, 5.74) is 11.4. The van der Waals surface area contributed by atoms with Gasteiger partial charge in [-0.05, 0) is 144 Å². The second-order valence-electron chi connectivity index (χ2n) is 20.2. The molecule has 5 atom stereocenters. The fraction of sp³-hybridized carbons (Fsp3) is 0.567. The predicted octanol–water partition coefficient (Wildman–Crippen LogP) is 13.8. The maximum absolute atomic E-state index is 16.2. The molecule has 0 saturated carbocycles. The average molecular weight is 1030 g/mol. The molecule has 0 radical (unpaired) electrons. The van der Waals surface area contributed by atoms with Crippen LogP contribution in [0.15, 0.2) is 71.8 Å². The van der Waals surface area contributed by atoms with E-state index in [1.807, 2.05) is 58.3 Å². The molecule has 2 amide bonds. The van der Waals surface area contributed by atoms with Gasteiger partial charge < -0.3 is 31.5 Å². The summed E-state index contributed by atoms with van der Waals surface area (Å²) in [4.78, 5) is 37.4. The number of nitrogens with zero attached hydrogens (tertiary/aromatic N) is 2. The van der Waals surface area contributed by atoms with Crippen LogP contribution in [-0.4, -0.2) is 78.5 Å². The molecule has 4 aromatic rings. The maximum atomic E-state index is 16.2. The monoisotopic (exact) mass is 1020 g/mol. The number of nitrogens with one attached hydrogen (secondary N) is 3. The highest BCUT2D eigenvalue weighted by Crippen LogP contribution is 2.50. The first-order valence-electron chi connectivity index (χ1n) is 27.8. The Morgan fingerprint density at radius 3 is 1.32 bits per heavy atom. The van der Waals surface area contributed by atoms with Crippen molar-refractivity contribution < 1.29 is 18.4 Å². The van der Waals surface area contributed by atoms with Gasteiger partial charge in [-0.25, -0.2) is 8.78 Å². The quantitative estimate of drug-likeness (QED) is 0.0355. The maximum Gasteiger partial charge on any atom is 0.261 e. The molecule has 5 unspecified atom stereocenters. The Hall–Kier alpha value is -4.04. The van der Waals surface area contributed by atoms with Crippen molar-refractivity contribution in [3.05, 3.63) is 104 Å². The van der Waals surface area contributed by atoms with Crippen LogP contribution in [0.4, 0.5) is 8.78 Å². The summed E-state index contributed by atoms with van der Waals surface area (Å²) in [6.45, 7) is 20.7. The standard InChI is InChI=1S/C60H86F2N6O2S2/c1-9-17-33-64-43(14-6)26-22-41-24-28-47(49(62)37-41)52-30-32-54(72-52)58-56-55(59(69)68(58)39-45(16-8)66-35-19-11-3)57(67(60(56)70)38-44(15-7)65-34-18-10-2)53-31-29-51(71-53)46-27-23-40(36-48(46)61)21-25-42(13-5)50(63)20-12-4/h23-24,27-32,36-37,42-45,50,64-66H,9-22,25-26,33-35,38-39,63H2,1-8H3. The SMILES string of the molecule is CCCCNC(CC)CCc1ccc(-c2ccc(C3=C4C(=O)N(CC(CC)NCCCC)C(c5ccc(-c6ccc(CCC(CC)C(N)CCC)cc6F)s5)=C4C(=O)N3CC(CC)NCCCC)s2)c(F)c1. The van der Waals surface area contributed by atoms with Crippen molar-refractivity contribution in [3.63, 3.8) is 0 Å². The van der Waals surface area contributed by atoms with Crippen molar-refractivity contribution >= 4 is 45.9 Å². The molecule has 0 aliphatic carbocycles. The van der Waals surface area contributed by atoms with Gasteiger partial charge in [-0.1, -0.05) is 112 Å². The van der Waals surface area contributed by atoms with E-state index in [2.05, 4.69) is 71.3 Å². The van der Waals surface area contributed by atoms with Crippen LogP contribution in [0.2, 0.25) is 0 Å². The summed E-state index contributed by atoms with van der Waals surface area (Å²) >= 11 is 2.84. The van der Waals surface area contributed by atoms with Crippen LogP contribution >= 0.6 is 22.7 Å². The number of fused-ring (bicyclic) bond motifs is 1. The number of rotatable bonds is 33.